The average Bonchev–Trinajstić information content (AvgIpc) is 3.22. The largest absolute Gasteiger partial charge is 0.462 e. The van der Waals surface area contributed by atoms with Gasteiger partial charge in [-0.05, 0) is 32.3 Å². The predicted octanol–water partition coefficient (Wildman–Crippen LogP) is 1.40. The molecule has 3 aliphatic heterocycles. The molecule has 4 rings (SSSR count). The molecule has 0 spiro atoms. The maximum absolute atomic E-state index is 12.8. The van der Waals surface area contributed by atoms with Gasteiger partial charge in [-0.25, -0.2) is 4.79 Å². The lowest BCUT2D eigenvalue weighted by Crippen LogP contribution is -2.42. The van der Waals surface area contributed by atoms with E-state index >= 15 is 0 Å². The third kappa shape index (κ3) is 3.50. The SMILES string of the molecule is C=C(C)[C@H]1Cc2oc(cc2C=O)[C@@H](O)[C@@](C)(O)CC2OC(=O)[C@]3(O[C@@H]23)[C@H](OC(C)=O)C1. The van der Waals surface area contributed by atoms with E-state index in [1.54, 1.807) is 6.92 Å². The van der Waals surface area contributed by atoms with Crippen molar-refractivity contribution in [3.05, 3.63) is 35.3 Å². The molecule has 0 radical (unpaired) electrons. The predicted molar refractivity (Wildman–Crippen MR) is 104 cm³/mol. The quantitative estimate of drug-likeness (QED) is 0.313. The normalized spacial score (nSPS) is 39.3. The topological polar surface area (TPSA) is 136 Å². The van der Waals surface area contributed by atoms with Gasteiger partial charge in [0.05, 0.1) is 11.2 Å². The number of epoxide rings is 1. The van der Waals surface area contributed by atoms with Crippen LogP contribution in [0.1, 0.15) is 61.6 Å². The van der Waals surface area contributed by atoms with E-state index < -0.39 is 47.6 Å². The number of esters is 2. The lowest BCUT2D eigenvalue weighted by molar-refractivity contribution is -0.169. The molecule has 2 saturated heterocycles. The number of rotatable bonds is 3. The Kier molecular flexibility index (Phi) is 5.11. The van der Waals surface area contributed by atoms with Crippen molar-refractivity contribution in [2.75, 3.05) is 0 Å². The second-order valence-corrected chi connectivity index (χ2v) is 8.97. The fourth-order valence-electron chi connectivity index (χ4n) is 4.66. The van der Waals surface area contributed by atoms with Crippen LogP contribution in [0, 0.1) is 5.92 Å². The first-order chi connectivity index (χ1) is 14.5. The molecular weight excluding hydrogens is 408 g/mol. The lowest BCUT2D eigenvalue weighted by Gasteiger charge is -2.30. The van der Waals surface area contributed by atoms with E-state index in [-0.39, 0.29) is 36.5 Å². The van der Waals surface area contributed by atoms with Gasteiger partial charge in [-0.15, -0.1) is 0 Å². The zero-order chi connectivity index (χ0) is 22.7. The molecule has 7 atom stereocenters. The Bertz CT molecular complexity index is 945. The number of hydrogen-bond acceptors (Lipinski definition) is 9. The summed E-state index contributed by atoms with van der Waals surface area (Å²) in [5.41, 5.74) is -2.24. The van der Waals surface area contributed by atoms with E-state index in [0.717, 1.165) is 5.57 Å². The smallest absolute Gasteiger partial charge is 0.345 e. The molecule has 0 amide bonds. The van der Waals surface area contributed by atoms with Crippen molar-refractivity contribution in [3.8, 4) is 0 Å². The summed E-state index contributed by atoms with van der Waals surface area (Å²) in [6.07, 6.45) is -3.10. The zero-order valence-electron chi connectivity index (χ0n) is 17.6. The zero-order valence-corrected chi connectivity index (χ0v) is 17.6. The number of fused-ring (bicyclic) bond motifs is 2. The van der Waals surface area contributed by atoms with Gasteiger partial charge in [0.2, 0.25) is 5.60 Å². The van der Waals surface area contributed by atoms with E-state index in [9.17, 15) is 24.6 Å². The second-order valence-electron chi connectivity index (χ2n) is 8.97. The maximum Gasteiger partial charge on any atom is 0.345 e. The van der Waals surface area contributed by atoms with Crippen LogP contribution in [-0.4, -0.2) is 58.0 Å². The summed E-state index contributed by atoms with van der Waals surface area (Å²) in [6.45, 7) is 8.41. The number of carbonyl (C=O) groups excluding carboxylic acids is 3. The monoisotopic (exact) mass is 434 g/mol. The third-order valence-electron chi connectivity index (χ3n) is 6.48. The summed E-state index contributed by atoms with van der Waals surface area (Å²) in [7, 11) is 0. The van der Waals surface area contributed by atoms with E-state index in [0.29, 0.717) is 12.0 Å². The van der Waals surface area contributed by atoms with Gasteiger partial charge < -0.3 is 28.8 Å². The molecular formula is C22H26O9. The van der Waals surface area contributed by atoms with Gasteiger partial charge in [0, 0.05) is 19.8 Å². The van der Waals surface area contributed by atoms with Crippen molar-refractivity contribution in [2.24, 2.45) is 5.92 Å². The third-order valence-corrected chi connectivity index (χ3v) is 6.48. The molecule has 0 aliphatic carbocycles. The molecule has 2 N–H and O–H groups in total. The Balaban J connectivity index is 1.80. The van der Waals surface area contributed by atoms with Crippen LogP contribution in [0.25, 0.3) is 0 Å². The highest BCUT2D eigenvalue weighted by atomic mass is 16.7. The summed E-state index contributed by atoms with van der Waals surface area (Å²) in [5, 5.41) is 21.7. The molecule has 0 aromatic carbocycles. The molecule has 9 nitrogen and oxygen atoms in total. The highest BCUT2D eigenvalue weighted by Gasteiger charge is 2.78. The van der Waals surface area contributed by atoms with Crippen molar-refractivity contribution in [1.82, 2.24) is 0 Å². The average molecular weight is 434 g/mol. The molecule has 4 bridgehead atoms. The van der Waals surface area contributed by atoms with Crippen molar-refractivity contribution < 1.29 is 43.2 Å². The van der Waals surface area contributed by atoms with Crippen LogP contribution >= 0.6 is 0 Å². The number of allylic oxidation sites excluding steroid dienone is 1. The van der Waals surface area contributed by atoms with Crippen molar-refractivity contribution in [2.45, 2.75) is 75.7 Å². The Morgan fingerprint density at radius 3 is 2.68 bits per heavy atom. The van der Waals surface area contributed by atoms with Gasteiger partial charge in [0.25, 0.3) is 0 Å². The summed E-state index contributed by atoms with van der Waals surface area (Å²) >= 11 is 0. The van der Waals surface area contributed by atoms with Crippen LogP contribution in [0.15, 0.2) is 22.6 Å². The highest BCUT2D eigenvalue weighted by Crippen LogP contribution is 2.54. The summed E-state index contributed by atoms with van der Waals surface area (Å²) in [5.74, 6) is -1.22. The fourth-order valence-corrected chi connectivity index (χ4v) is 4.66. The minimum atomic E-state index is -1.75. The van der Waals surface area contributed by atoms with Crippen molar-refractivity contribution in [3.63, 3.8) is 0 Å². The molecule has 1 aromatic heterocycles. The van der Waals surface area contributed by atoms with Crippen LogP contribution in [0.5, 0.6) is 0 Å². The van der Waals surface area contributed by atoms with Crippen molar-refractivity contribution >= 4 is 18.2 Å². The van der Waals surface area contributed by atoms with Crippen molar-refractivity contribution in [1.29, 1.82) is 0 Å². The van der Waals surface area contributed by atoms with Crippen LogP contribution in [0.4, 0.5) is 0 Å². The Morgan fingerprint density at radius 2 is 2.10 bits per heavy atom. The van der Waals surface area contributed by atoms with E-state index in [1.165, 1.54) is 19.9 Å². The second kappa shape index (κ2) is 7.29. The summed E-state index contributed by atoms with van der Waals surface area (Å²) < 4.78 is 22.5. The number of hydrogen-bond donors (Lipinski definition) is 2. The van der Waals surface area contributed by atoms with Gasteiger partial charge in [-0.1, -0.05) is 12.2 Å². The van der Waals surface area contributed by atoms with Gasteiger partial charge >= 0.3 is 11.9 Å². The number of ether oxygens (including phenoxy) is 3. The van der Waals surface area contributed by atoms with E-state index in [2.05, 4.69) is 6.58 Å². The molecule has 9 heteroatoms. The number of aliphatic hydroxyl groups is 2. The Labute approximate surface area is 179 Å². The van der Waals surface area contributed by atoms with Crippen LogP contribution in [0.3, 0.4) is 0 Å². The van der Waals surface area contributed by atoms with Crippen LogP contribution < -0.4 is 0 Å². The molecule has 4 heterocycles. The first kappa shape index (κ1) is 21.7. The number of furan rings is 1. The molecule has 3 aliphatic rings. The van der Waals surface area contributed by atoms with Gasteiger partial charge in [0.15, 0.2) is 6.29 Å². The van der Waals surface area contributed by atoms with Gasteiger partial charge in [0.1, 0.15) is 35.9 Å². The molecule has 31 heavy (non-hydrogen) atoms. The lowest BCUT2D eigenvalue weighted by atomic mass is 9.83. The number of aldehydes is 1. The van der Waals surface area contributed by atoms with Gasteiger partial charge in [-0.2, -0.15) is 0 Å². The standard InChI is InChI=1S/C22H26O9/c1-10(2)12-5-14-13(9-23)6-15(29-14)18(25)21(4,27)8-16-19-22(31-19,20(26)30-16)17(7-12)28-11(3)24/h6,9,12,16-19,25,27H,1,5,7-8H2,2-4H3/t12-,16?,17+,18+,19-,21-,22-/m0/s1. The number of aliphatic hydroxyl groups excluding tert-OH is 1. The minimum Gasteiger partial charge on any atom is -0.462 e. The Morgan fingerprint density at radius 1 is 1.39 bits per heavy atom. The molecule has 1 aromatic rings. The van der Waals surface area contributed by atoms with Crippen LogP contribution in [0.2, 0.25) is 0 Å². The highest BCUT2D eigenvalue weighted by molar-refractivity contribution is 5.88. The van der Waals surface area contributed by atoms with Gasteiger partial charge in [-0.3, -0.25) is 9.59 Å². The first-order valence-electron chi connectivity index (χ1n) is 10.2. The summed E-state index contributed by atoms with van der Waals surface area (Å²) in [6, 6.07) is 1.39. The maximum atomic E-state index is 12.8. The van der Waals surface area contributed by atoms with E-state index in [4.69, 9.17) is 18.6 Å². The summed E-state index contributed by atoms with van der Waals surface area (Å²) in [4.78, 5) is 36.2. The molecule has 1 unspecified atom stereocenters. The van der Waals surface area contributed by atoms with E-state index in [1.807, 2.05) is 0 Å². The Hall–Kier alpha value is -2.49. The molecule has 2 fully saturated rings. The fraction of sp³-hybridized carbons (Fsp3) is 0.591. The van der Waals surface area contributed by atoms with Crippen LogP contribution in [-0.2, 0) is 30.2 Å². The minimum absolute atomic E-state index is 0.0330. The number of carbonyl (C=O) groups is 3. The molecule has 168 valence electrons. The molecule has 0 saturated carbocycles. The first-order valence-corrected chi connectivity index (χ1v) is 10.2.